The molecule has 0 bridgehead atoms. The highest BCUT2D eigenvalue weighted by atomic mass is 16.6. The van der Waals surface area contributed by atoms with Crippen molar-refractivity contribution in [2.75, 3.05) is 13.1 Å². The first-order chi connectivity index (χ1) is 15.5. The number of rotatable bonds is 4. The van der Waals surface area contributed by atoms with Gasteiger partial charge in [-0.3, -0.25) is 20.3 Å². The van der Waals surface area contributed by atoms with Crippen LogP contribution in [0.1, 0.15) is 28.4 Å². The maximum absolute atomic E-state index is 13.8. The van der Waals surface area contributed by atoms with Crippen LogP contribution in [0.5, 0.6) is 0 Å². The Kier molecular flexibility index (Phi) is 4.77. The van der Waals surface area contributed by atoms with Crippen LogP contribution in [-0.4, -0.2) is 39.1 Å². The number of aryl methyl sites for hydroxylation is 1. The lowest BCUT2D eigenvalue weighted by molar-refractivity contribution is -0.434. The first-order valence-electron chi connectivity index (χ1n) is 10.6. The van der Waals surface area contributed by atoms with Gasteiger partial charge in [0, 0.05) is 26.3 Å². The van der Waals surface area contributed by atoms with E-state index >= 15 is 0 Å². The molecule has 162 valence electrons. The summed E-state index contributed by atoms with van der Waals surface area (Å²) in [6.45, 7) is 1.06. The standard InChI is InChI=1S/C24H23N5O3/c1-27-13-5-11-18(27)22(30)20-19(17-10-4-8-15-7-2-3-9-16(15)17)21(29(31)32)24-26-12-6-14-28(24)23(20)25/h2-5,7-11,13,19-20,25-26H,6,12,14H2,1H3. The first kappa shape index (κ1) is 20.0. The number of hydrogen-bond acceptors (Lipinski definition) is 5. The average Bonchev–Trinajstić information content (AvgIpc) is 3.24. The van der Waals surface area contributed by atoms with Crippen LogP contribution < -0.4 is 5.32 Å². The highest BCUT2D eigenvalue weighted by Crippen LogP contribution is 2.44. The van der Waals surface area contributed by atoms with Crippen molar-refractivity contribution in [2.24, 2.45) is 13.0 Å². The Morgan fingerprint density at radius 3 is 2.69 bits per heavy atom. The predicted molar refractivity (Wildman–Crippen MR) is 121 cm³/mol. The fourth-order valence-corrected chi connectivity index (χ4v) is 4.95. The third-order valence-electron chi connectivity index (χ3n) is 6.41. The van der Waals surface area contributed by atoms with Gasteiger partial charge in [-0.15, -0.1) is 0 Å². The van der Waals surface area contributed by atoms with Crippen LogP contribution in [0.25, 0.3) is 10.8 Å². The van der Waals surface area contributed by atoms with E-state index in [2.05, 4.69) is 5.32 Å². The molecule has 2 atom stereocenters. The summed E-state index contributed by atoms with van der Waals surface area (Å²) in [5.41, 5.74) is 1.07. The predicted octanol–water partition coefficient (Wildman–Crippen LogP) is 3.49. The smallest absolute Gasteiger partial charge is 0.294 e. The third-order valence-corrected chi connectivity index (χ3v) is 6.41. The molecule has 2 N–H and O–H groups in total. The number of aromatic nitrogens is 1. The van der Waals surface area contributed by atoms with Gasteiger partial charge < -0.3 is 14.8 Å². The molecular weight excluding hydrogens is 406 g/mol. The second-order valence-electron chi connectivity index (χ2n) is 8.20. The Balaban J connectivity index is 1.80. The van der Waals surface area contributed by atoms with Crippen molar-refractivity contribution in [1.29, 1.82) is 5.41 Å². The summed E-state index contributed by atoms with van der Waals surface area (Å²) in [6, 6.07) is 16.8. The molecule has 0 amide bonds. The second kappa shape index (κ2) is 7.64. The average molecular weight is 429 g/mol. The van der Waals surface area contributed by atoms with E-state index < -0.39 is 11.8 Å². The summed E-state index contributed by atoms with van der Waals surface area (Å²) >= 11 is 0. The Labute approximate surface area is 184 Å². The van der Waals surface area contributed by atoms with Crippen LogP contribution in [0.15, 0.2) is 72.3 Å². The summed E-state index contributed by atoms with van der Waals surface area (Å²) < 4.78 is 1.70. The highest BCUT2D eigenvalue weighted by Gasteiger charge is 2.51. The van der Waals surface area contributed by atoms with Gasteiger partial charge in [0.2, 0.25) is 0 Å². The van der Waals surface area contributed by atoms with E-state index in [9.17, 15) is 14.9 Å². The largest absolute Gasteiger partial charge is 0.366 e. The van der Waals surface area contributed by atoms with Crippen molar-refractivity contribution in [3.05, 3.63) is 93.7 Å². The Morgan fingerprint density at radius 2 is 1.94 bits per heavy atom. The summed E-state index contributed by atoms with van der Waals surface area (Å²) in [4.78, 5) is 27.5. The maximum Gasteiger partial charge on any atom is 0.294 e. The molecule has 32 heavy (non-hydrogen) atoms. The van der Waals surface area contributed by atoms with E-state index in [1.54, 1.807) is 34.8 Å². The van der Waals surface area contributed by atoms with Gasteiger partial charge in [-0.05, 0) is 34.9 Å². The number of amidine groups is 1. The minimum absolute atomic E-state index is 0.0513. The van der Waals surface area contributed by atoms with Crippen molar-refractivity contribution >= 4 is 22.4 Å². The van der Waals surface area contributed by atoms with E-state index in [0.717, 1.165) is 17.2 Å². The molecule has 2 aliphatic rings. The quantitative estimate of drug-likeness (QED) is 0.375. The van der Waals surface area contributed by atoms with Crippen LogP contribution in [0, 0.1) is 21.4 Å². The van der Waals surface area contributed by atoms with Gasteiger partial charge in [0.1, 0.15) is 5.84 Å². The van der Waals surface area contributed by atoms with E-state index in [4.69, 9.17) is 5.41 Å². The highest BCUT2D eigenvalue weighted by molar-refractivity contribution is 6.12. The molecule has 8 heteroatoms. The summed E-state index contributed by atoms with van der Waals surface area (Å²) in [7, 11) is 1.77. The molecule has 1 aromatic heterocycles. The van der Waals surface area contributed by atoms with Crippen LogP contribution >= 0.6 is 0 Å². The molecule has 0 spiro atoms. The number of fused-ring (bicyclic) bond motifs is 2. The molecule has 2 aromatic carbocycles. The van der Waals surface area contributed by atoms with Crippen LogP contribution in [0.3, 0.4) is 0 Å². The lowest BCUT2D eigenvalue weighted by atomic mass is 9.75. The lowest BCUT2D eigenvalue weighted by Gasteiger charge is -2.41. The number of nitrogens with zero attached hydrogens (tertiary/aromatic N) is 3. The van der Waals surface area contributed by atoms with Crippen LogP contribution in [0.4, 0.5) is 0 Å². The Bertz CT molecular complexity index is 1290. The van der Waals surface area contributed by atoms with Crippen LogP contribution in [-0.2, 0) is 7.05 Å². The Hall–Kier alpha value is -3.94. The van der Waals surface area contributed by atoms with Crippen molar-refractivity contribution in [2.45, 2.75) is 12.3 Å². The van der Waals surface area contributed by atoms with Crippen molar-refractivity contribution in [1.82, 2.24) is 14.8 Å². The first-order valence-corrected chi connectivity index (χ1v) is 10.6. The molecule has 1 fully saturated rings. The summed E-state index contributed by atoms with van der Waals surface area (Å²) in [5.74, 6) is -1.74. The molecule has 5 rings (SSSR count). The maximum atomic E-state index is 13.8. The van der Waals surface area contributed by atoms with Gasteiger partial charge in [-0.1, -0.05) is 42.5 Å². The zero-order valence-electron chi connectivity index (χ0n) is 17.6. The topological polar surface area (TPSA) is 104 Å². The zero-order chi connectivity index (χ0) is 22.4. The fraction of sp³-hybridized carbons (Fsp3) is 0.250. The number of carbonyl (C=O) groups excluding carboxylic acids is 1. The van der Waals surface area contributed by atoms with Crippen molar-refractivity contribution < 1.29 is 9.72 Å². The zero-order valence-corrected chi connectivity index (χ0v) is 17.6. The fourth-order valence-electron chi connectivity index (χ4n) is 4.95. The number of hydrogen-bond donors (Lipinski definition) is 2. The number of carbonyl (C=O) groups is 1. The molecule has 1 saturated heterocycles. The molecule has 0 saturated carbocycles. The van der Waals surface area contributed by atoms with E-state index in [0.29, 0.717) is 30.2 Å². The molecule has 8 nitrogen and oxygen atoms in total. The number of ketones is 1. The van der Waals surface area contributed by atoms with E-state index in [1.165, 1.54) is 0 Å². The number of nitrogens with one attached hydrogen (secondary N) is 2. The SMILES string of the molecule is Cn1cccc1C(=O)C1C(=N)N2CCCNC2=C([N+](=O)[O-])C1c1cccc2ccccc12. The van der Waals surface area contributed by atoms with Gasteiger partial charge in [-0.2, -0.15) is 0 Å². The van der Waals surface area contributed by atoms with Crippen molar-refractivity contribution in [3.8, 4) is 0 Å². The number of nitro groups is 1. The normalized spacial score (nSPS) is 20.8. The summed E-state index contributed by atoms with van der Waals surface area (Å²) in [6.07, 6.45) is 2.51. The number of benzene rings is 2. The van der Waals surface area contributed by atoms with Gasteiger partial charge >= 0.3 is 0 Å². The van der Waals surface area contributed by atoms with Crippen LogP contribution in [0.2, 0.25) is 0 Å². The third kappa shape index (κ3) is 2.98. The van der Waals surface area contributed by atoms with Gasteiger partial charge in [-0.25, -0.2) is 0 Å². The minimum atomic E-state index is -1.00. The monoisotopic (exact) mass is 429 g/mol. The summed E-state index contributed by atoms with van der Waals surface area (Å²) in [5, 5.41) is 26.4. The van der Waals surface area contributed by atoms with Gasteiger partial charge in [0.05, 0.1) is 22.5 Å². The molecule has 2 aliphatic heterocycles. The molecule has 0 radical (unpaired) electrons. The molecule has 2 unspecified atom stereocenters. The number of allylic oxidation sites excluding steroid dienone is 1. The van der Waals surface area contributed by atoms with E-state index in [-0.39, 0.29) is 22.2 Å². The Morgan fingerprint density at radius 1 is 1.16 bits per heavy atom. The number of Topliss-reactive ketones (excluding diaryl/α,β-unsaturated/α-hetero) is 1. The van der Waals surface area contributed by atoms with Crippen molar-refractivity contribution in [3.63, 3.8) is 0 Å². The second-order valence-corrected chi connectivity index (χ2v) is 8.20. The molecule has 0 aliphatic carbocycles. The lowest BCUT2D eigenvalue weighted by Crippen LogP contribution is -2.54. The van der Waals surface area contributed by atoms with Gasteiger partial charge in [0.25, 0.3) is 5.70 Å². The molecule has 3 aromatic rings. The van der Waals surface area contributed by atoms with E-state index in [1.807, 2.05) is 42.5 Å². The molecular formula is C24H23N5O3. The van der Waals surface area contributed by atoms with Gasteiger partial charge in [0.15, 0.2) is 11.6 Å². The minimum Gasteiger partial charge on any atom is -0.366 e. The molecule has 3 heterocycles.